The van der Waals surface area contributed by atoms with E-state index in [0.717, 1.165) is 20.3 Å². The van der Waals surface area contributed by atoms with E-state index in [9.17, 15) is 0 Å². The molecule has 0 heterocycles. The highest BCUT2D eigenvalue weighted by Gasteiger charge is 2.15. The van der Waals surface area contributed by atoms with Gasteiger partial charge in [0.1, 0.15) is 0 Å². The zero-order chi connectivity index (χ0) is 18.9. The molecule has 0 unspecified atom stereocenters. The van der Waals surface area contributed by atoms with E-state index in [4.69, 9.17) is 15.2 Å². The number of ether oxygens (including phenoxy) is 2. The molecule has 0 atom stereocenters. The fourth-order valence-corrected chi connectivity index (χ4v) is 3.65. The summed E-state index contributed by atoms with van der Waals surface area (Å²) in [6.45, 7) is 2.44. The first kappa shape index (κ1) is 20.8. The molecule has 0 saturated carbocycles. The Balaban J connectivity index is 2.11. The van der Waals surface area contributed by atoms with Crippen LogP contribution in [0.3, 0.4) is 0 Å². The molecule has 26 heavy (non-hydrogen) atoms. The SMILES string of the molecule is CCOc1cc(C=NN=C(N)SCc2ccccc2)c(Br)c(Br)c1OC. The second-order valence-corrected chi connectivity index (χ2v) is 7.60. The lowest BCUT2D eigenvalue weighted by Gasteiger charge is -2.13. The third kappa shape index (κ3) is 5.75. The molecule has 0 aliphatic rings. The molecular weight excluding hydrogens is 482 g/mol. The van der Waals surface area contributed by atoms with Gasteiger partial charge in [0.15, 0.2) is 16.7 Å². The quantitative estimate of drug-likeness (QED) is 0.322. The van der Waals surface area contributed by atoms with E-state index in [0.29, 0.717) is 23.3 Å². The molecule has 5 nitrogen and oxygen atoms in total. The van der Waals surface area contributed by atoms with Crippen LogP contribution in [0.15, 0.2) is 55.5 Å². The van der Waals surface area contributed by atoms with Gasteiger partial charge in [-0.1, -0.05) is 42.1 Å². The van der Waals surface area contributed by atoms with Crippen LogP contribution in [0.2, 0.25) is 0 Å². The first-order valence-corrected chi connectivity index (χ1v) is 10.4. The van der Waals surface area contributed by atoms with Crippen molar-refractivity contribution in [2.45, 2.75) is 12.7 Å². The van der Waals surface area contributed by atoms with Gasteiger partial charge < -0.3 is 15.2 Å². The van der Waals surface area contributed by atoms with Crippen molar-refractivity contribution in [2.24, 2.45) is 15.9 Å². The molecule has 138 valence electrons. The number of hydrogen-bond donors (Lipinski definition) is 1. The van der Waals surface area contributed by atoms with Crippen LogP contribution >= 0.6 is 43.6 Å². The largest absolute Gasteiger partial charge is 0.492 e. The van der Waals surface area contributed by atoms with Crippen molar-refractivity contribution in [1.82, 2.24) is 0 Å². The van der Waals surface area contributed by atoms with Crippen LogP contribution in [-0.2, 0) is 5.75 Å². The Hall–Kier alpha value is -1.51. The third-order valence-electron chi connectivity index (χ3n) is 3.24. The second-order valence-electron chi connectivity index (χ2n) is 5.02. The Labute approximate surface area is 174 Å². The van der Waals surface area contributed by atoms with Gasteiger partial charge in [-0.25, -0.2) is 0 Å². The Morgan fingerprint density at radius 3 is 2.62 bits per heavy atom. The summed E-state index contributed by atoms with van der Waals surface area (Å²) < 4.78 is 12.6. The molecule has 8 heteroatoms. The van der Waals surface area contributed by atoms with E-state index in [1.807, 2.05) is 43.3 Å². The average molecular weight is 501 g/mol. The lowest BCUT2D eigenvalue weighted by Crippen LogP contribution is -2.06. The van der Waals surface area contributed by atoms with Gasteiger partial charge in [-0.2, -0.15) is 5.10 Å². The first-order valence-electron chi connectivity index (χ1n) is 7.78. The lowest BCUT2D eigenvalue weighted by molar-refractivity contribution is 0.309. The zero-order valence-electron chi connectivity index (χ0n) is 14.4. The highest BCUT2D eigenvalue weighted by atomic mass is 79.9. The Kier molecular flexibility index (Phi) is 8.47. The monoisotopic (exact) mass is 499 g/mol. The van der Waals surface area contributed by atoms with Crippen molar-refractivity contribution in [3.63, 3.8) is 0 Å². The van der Waals surface area contributed by atoms with Crippen LogP contribution < -0.4 is 15.2 Å². The van der Waals surface area contributed by atoms with Gasteiger partial charge in [-0.05, 0) is 50.4 Å². The Morgan fingerprint density at radius 2 is 1.96 bits per heavy atom. The van der Waals surface area contributed by atoms with Crippen molar-refractivity contribution < 1.29 is 9.47 Å². The zero-order valence-corrected chi connectivity index (χ0v) is 18.4. The number of amidine groups is 1. The molecule has 2 N–H and O–H groups in total. The van der Waals surface area contributed by atoms with Gasteiger partial charge in [0.05, 0.1) is 24.4 Å². The summed E-state index contributed by atoms with van der Waals surface area (Å²) in [6.07, 6.45) is 1.62. The van der Waals surface area contributed by atoms with Crippen LogP contribution in [0.25, 0.3) is 0 Å². The minimum Gasteiger partial charge on any atom is -0.492 e. The van der Waals surface area contributed by atoms with Gasteiger partial charge in [-0.15, -0.1) is 5.10 Å². The minimum absolute atomic E-state index is 0.402. The number of thioether (sulfide) groups is 1. The van der Waals surface area contributed by atoms with E-state index < -0.39 is 0 Å². The number of methoxy groups -OCH3 is 1. The maximum Gasteiger partial charge on any atom is 0.180 e. The molecule has 2 aromatic carbocycles. The summed E-state index contributed by atoms with van der Waals surface area (Å²) in [4.78, 5) is 0. The molecule has 0 amide bonds. The molecule has 0 spiro atoms. The fraction of sp³-hybridized carbons (Fsp3) is 0.222. The van der Waals surface area contributed by atoms with Crippen molar-refractivity contribution in [3.8, 4) is 11.5 Å². The molecule has 0 radical (unpaired) electrons. The average Bonchev–Trinajstić information content (AvgIpc) is 2.65. The summed E-state index contributed by atoms with van der Waals surface area (Å²) in [6, 6.07) is 11.9. The maximum atomic E-state index is 5.91. The van der Waals surface area contributed by atoms with Gasteiger partial charge in [-0.3, -0.25) is 0 Å². The summed E-state index contributed by atoms with van der Waals surface area (Å²) in [5, 5.41) is 8.53. The van der Waals surface area contributed by atoms with E-state index >= 15 is 0 Å². The third-order valence-corrected chi connectivity index (χ3v) is 6.24. The maximum absolute atomic E-state index is 5.91. The van der Waals surface area contributed by atoms with Crippen molar-refractivity contribution in [1.29, 1.82) is 0 Å². The lowest BCUT2D eigenvalue weighted by atomic mass is 10.2. The van der Waals surface area contributed by atoms with Crippen LogP contribution in [0.4, 0.5) is 0 Å². The van der Waals surface area contributed by atoms with Gasteiger partial charge >= 0.3 is 0 Å². The molecular formula is C18H19Br2N3O2S. The molecule has 0 aromatic heterocycles. The number of nitrogens with two attached hydrogens (primary N) is 1. The molecule has 2 rings (SSSR count). The number of benzene rings is 2. The molecule has 0 bridgehead atoms. The molecule has 0 aliphatic heterocycles. The van der Waals surface area contributed by atoms with E-state index in [2.05, 4.69) is 42.1 Å². The summed E-state index contributed by atoms with van der Waals surface area (Å²) in [7, 11) is 1.60. The number of nitrogens with zero attached hydrogens (tertiary/aromatic N) is 2. The molecule has 2 aromatic rings. The molecule has 0 saturated heterocycles. The number of hydrogen-bond acceptors (Lipinski definition) is 5. The number of halogens is 2. The normalized spacial score (nSPS) is 11.8. The molecule has 0 aliphatic carbocycles. The number of rotatable bonds is 7. The summed E-state index contributed by atoms with van der Waals surface area (Å²) in [5.41, 5.74) is 7.89. The predicted molar refractivity (Wildman–Crippen MR) is 117 cm³/mol. The van der Waals surface area contributed by atoms with Gasteiger partial charge in [0, 0.05) is 15.8 Å². The minimum atomic E-state index is 0.402. The Morgan fingerprint density at radius 1 is 1.23 bits per heavy atom. The van der Waals surface area contributed by atoms with Gasteiger partial charge in [0.2, 0.25) is 0 Å². The van der Waals surface area contributed by atoms with Crippen molar-refractivity contribution in [3.05, 3.63) is 56.5 Å². The smallest absolute Gasteiger partial charge is 0.180 e. The fourth-order valence-electron chi connectivity index (χ4n) is 2.06. The summed E-state index contributed by atoms with van der Waals surface area (Å²) in [5.74, 6) is 2.00. The van der Waals surface area contributed by atoms with Crippen LogP contribution in [0, 0.1) is 0 Å². The predicted octanol–water partition coefficient (Wildman–Crippen LogP) is 5.20. The Bertz CT molecular complexity index is 799. The van der Waals surface area contributed by atoms with Crippen LogP contribution in [0.1, 0.15) is 18.1 Å². The van der Waals surface area contributed by atoms with E-state index in [1.165, 1.54) is 17.3 Å². The van der Waals surface area contributed by atoms with Crippen LogP contribution in [0.5, 0.6) is 11.5 Å². The van der Waals surface area contributed by atoms with Crippen LogP contribution in [-0.4, -0.2) is 25.1 Å². The highest BCUT2D eigenvalue weighted by Crippen LogP contribution is 2.42. The van der Waals surface area contributed by atoms with E-state index in [1.54, 1.807) is 13.3 Å². The first-order chi connectivity index (χ1) is 12.6. The summed E-state index contributed by atoms with van der Waals surface area (Å²) >= 11 is 8.47. The highest BCUT2D eigenvalue weighted by molar-refractivity contribution is 9.13. The standard InChI is InChI=1S/C18H19Br2N3O2S/c1-3-25-14-9-13(15(19)16(20)17(14)24-2)10-22-23-18(21)26-11-12-7-5-4-6-8-12/h4-10H,3,11H2,1-2H3,(H2,21,23). The van der Waals surface area contributed by atoms with E-state index in [-0.39, 0.29) is 0 Å². The van der Waals surface area contributed by atoms with Crippen molar-refractivity contribution in [2.75, 3.05) is 13.7 Å². The van der Waals surface area contributed by atoms with Gasteiger partial charge in [0.25, 0.3) is 0 Å². The molecule has 0 fully saturated rings. The second kappa shape index (κ2) is 10.6. The topological polar surface area (TPSA) is 69.2 Å². The van der Waals surface area contributed by atoms with Crippen molar-refractivity contribution >= 4 is 55.0 Å².